The maximum Gasteiger partial charge on any atom is 0.243 e. The number of nitrogens with zero attached hydrogens (tertiary/aromatic N) is 1. The van der Waals surface area contributed by atoms with E-state index in [1.54, 1.807) is 23.5 Å². The van der Waals surface area contributed by atoms with E-state index in [1.807, 2.05) is 13.0 Å². The van der Waals surface area contributed by atoms with Crippen LogP contribution in [-0.4, -0.2) is 25.8 Å². The smallest absolute Gasteiger partial charge is 0.243 e. The molecule has 0 radical (unpaired) electrons. The molecule has 0 amide bonds. The Morgan fingerprint density at radius 1 is 1.24 bits per heavy atom. The molecule has 0 heterocycles. The van der Waals surface area contributed by atoms with Crippen molar-refractivity contribution in [3.8, 4) is 0 Å². The average Bonchev–Trinajstić information content (AvgIpc) is 2.47. The third-order valence-electron chi connectivity index (χ3n) is 4.77. The van der Waals surface area contributed by atoms with Crippen molar-refractivity contribution < 1.29 is 8.42 Å². The summed E-state index contributed by atoms with van der Waals surface area (Å²) in [5.41, 5.74) is 7.35. The Kier molecular flexibility index (Phi) is 5.07. The Labute approximate surface area is 128 Å². The molecule has 118 valence electrons. The fraction of sp³-hybridized carbons (Fsp3) is 0.625. The molecule has 0 bridgehead atoms. The molecule has 0 aromatic heterocycles. The van der Waals surface area contributed by atoms with Gasteiger partial charge in [-0.05, 0) is 55.7 Å². The Bertz CT molecular complexity index is 590. The van der Waals surface area contributed by atoms with Gasteiger partial charge in [-0.3, -0.25) is 0 Å². The molecular formula is C16H26N2O2S. The number of sulfonamides is 1. The largest absolute Gasteiger partial charge is 0.326 e. The lowest BCUT2D eigenvalue weighted by Crippen LogP contribution is -2.39. The lowest BCUT2D eigenvalue weighted by molar-refractivity contribution is 0.246. The van der Waals surface area contributed by atoms with Crippen LogP contribution in [0.2, 0.25) is 0 Å². The maximum atomic E-state index is 12.9. The quantitative estimate of drug-likeness (QED) is 0.930. The number of rotatable bonds is 4. The van der Waals surface area contributed by atoms with Crippen molar-refractivity contribution in [1.29, 1.82) is 0 Å². The van der Waals surface area contributed by atoms with Gasteiger partial charge in [-0.15, -0.1) is 0 Å². The van der Waals surface area contributed by atoms with Crippen molar-refractivity contribution >= 4 is 10.0 Å². The van der Waals surface area contributed by atoms with Crippen molar-refractivity contribution in [2.24, 2.45) is 11.7 Å². The zero-order valence-electron chi connectivity index (χ0n) is 13.2. The van der Waals surface area contributed by atoms with E-state index in [0.717, 1.165) is 36.8 Å². The normalized spacial score (nSPS) is 23.5. The van der Waals surface area contributed by atoms with Gasteiger partial charge in [0, 0.05) is 19.6 Å². The van der Waals surface area contributed by atoms with E-state index in [0.29, 0.717) is 17.4 Å². The minimum Gasteiger partial charge on any atom is -0.326 e. The van der Waals surface area contributed by atoms with Gasteiger partial charge in [0.05, 0.1) is 4.90 Å². The van der Waals surface area contributed by atoms with Crippen LogP contribution in [0.5, 0.6) is 0 Å². The molecule has 0 unspecified atom stereocenters. The van der Waals surface area contributed by atoms with Gasteiger partial charge >= 0.3 is 0 Å². The van der Waals surface area contributed by atoms with Crippen LogP contribution in [0, 0.1) is 12.8 Å². The molecule has 0 atom stereocenters. The first-order chi connectivity index (χ1) is 9.87. The van der Waals surface area contributed by atoms with Gasteiger partial charge in [-0.25, -0.2) is 8.42 Å². The van der Waals surface area contributed by atoms with Crippen LogP contribution in [0.15, 0.2) is 23.1 Å². The van der Waals surface area contributed by atoms with Crippen LogP contribution < -0.4 is 5.73 Å². The van der Waals surface area contributed by atoms with Crippen molar-refractivity contribution in [3.05, 3.63) is 29.3 Å². The summed E-state index contributed by atoms with van der Waals surface area (Å²) < 4.78 is 27.3. The summed E-state index contributed by atoms with van der Waals surface area (Å²) in [6.07, 6.45) is 4.11. The van der Waals surface area contributed by atoms with Crippen LogP contribution in [0.1, 0.15) is 43.7 Å². The number of nitrogens with two attached hydrogens (primary N) is 1. The molecule has 1 aromatic carbocycles. The van der Waals surface area contributed by atoms with Gasteiger partial charge < -0.3 is 5.73 Å². The van der Waals surface area contributed by atoms with Crippen LogP contribution in [0.4, 0.5) is 0 Å². The molecule has 2 rings (SSSR count). The summed E-state index contributed by atoms with van der Waals surface area (Å²) in [7, 11) is -1.73. The van der Waals surface area contributed by atoms with Crippen LogP contribution >= 0.6 is 0 Å². The third kappa shape index (κ3) is 3.30. The monoisotopic (exact) mass is 310 g/mol. The van der Waals surface area contributed by atoms with Gasteiger partial charge in [-0.1, -0.05) is 19.1 Å². The van der Waals surface area contributed by atoms with Crippen molar-refractivity contribution in [1.82, 2.24) is 4.31 Å². The molecular weight excluding hydrogens is 284 g/mol. The Morgan fingerprint density at radius 2 is 1.86 bits per heavy atom. The van der Waals surface area contributed by atoms with Crippen molar-refractivity contribution in [2.75, 3.05) is 7.05 Å². The summed E-state index contributed by atoms with van der Waals surface area (Å²) >= 11 is 0. The standard InChI is InChI=1S/C16H26N2O2S/c1-12-7-9-15(10-8-12)18(3)21(19,20)16-6-4-5-14(11-17)13(16)2/h4-6,12,15H,7-11,17H2,1-3H3. The van der Waals surface area contributed by atoms with Crippen LogP contribution in [0.3, 0.4) is 0 Å². The topological polar surface area (TPSA) is 63.4 Å². The van der Waals surface area contributed by atoms with E-state index in [9.17, 15) is 8.42 Å². The average molecular weight is 310 g/mol. The lowest BCUT2D eigenvalue weighted by atomic mass is 9.87. The van der Waals surface area contributed by atoms with Crippen LogP contribution in [-0.2, 0) is 16.6 Å². The van der Waals surface area contributed by atoms with Gasteiger partial charge in [0.1, 0.15) is 0 Å². The first-order valence-corrected chi connectivity index (χ1v) is 9.08. The fourth-order valence-corrected chi connectivity index (χ4v) is 4.80. The number of hydrogen-bond donors (Lipinski definition) is 1. The summed E-state index contributed by atoms with van der Waals surface area (Å²) in [5, 5.41) is 0. The molecule has 1 aliphatic rings. The minimum atomic E-state index is -3.44. The summed E-state index contributed by atoms with van der Waals surface area (Å²) in [5.74, 6) is 0.708. The Balaban J connectivity index is 2.29. The first-order valence-electron chi connectivity index (χ1n) is 7.64. The third-order valence-corrected chi connectivity index (χ3v) is 6.83. The van der Waals surface area contributed by atoms with Crippen LogP contribution in [0.25, 0.3) is 0 Å². The number of benzene rings is 1. The van der Waals surface area contributed by atoms with E-state index >= 15 is 0 Å². The number of hydrogen-bond acceptors (Lipinski definition) is 3. The zero-order valence-corrected chi connectivity index (χ0v) is 14.0. The van der Waals surface area contributed by atoms with Gasteiger partial charge in [0.25, 0.3) is 0 Å². The molecule has 1 aromatic rings. The van der Waals surface area contributed by atoms with E-state index in [2.05, 4.69) is 6.92 Å². The second-order valence-corrected chi connectivity index (χ2v) is 8.15. The van der Waals surface area contributed by atoms with Gasteiger partial charge in [0.15, 0.2) is 0 Å². The van der Waals surface area contributed by atoms with Crippen molar-refractivity contribution in [3.63, 3.8) is 0 Å². The molecule has 2 N–H and O–H groups in total. The van der Waals surface area contributed by atoms with E-state index < -0.39 is 10.0 Å². The molecule has 0 saturated heterocycles. The molecule has 21 heavy (non-hydrogen) atoms. The lowest BCUT2D eigenvalue weighted by Gasteiger charge is -2.33. The highest BCUT2D eigenvalue weighted by atomic mass is 32.2. The van der Waals surface area contributed by atoms with Gasteiger partial charge in [0.2, 0.25) is 10.0 Å². The fourth-order valence-electron chi connectivity index (χ4n) is 3.12. The summed E-state index contributed by atoms with van der Waals surface area (Å²) in [6, 6.07) is 5.47. The molecule has 0 aliphatic heterocycles. The highest BCUT2D eigenvalue weighted by Crippen LogP contribution is 2.30. The second kappa shape index (κ2) is 6.46. The molecule has 5 heteroatoms. The summed E-state index contributed by atoms with van der Waals surface area (Å²) in [4.78, 5) is 0.395. The van der Waals surface area contributed by atoms with E-state index in [1.165, 1.54) is 0 Å². The van der Waals surface area contributed by atoms with E-state index in [4.69, 9.17) is 5.73 Å². The second-order valence-electron chi connectivity index (χ2n) is 6.18. The minimum absolute atomic E-state index is 0.118. The highest BCUT2D eigenvalue weighted by molar-refractivity contribution is 7.89. The highest BCUT2D eigenvalue weighted by Gasteiger charge is 2.31. The van der Waals surface area contributed by atoms with E-state index in [-0.39, 0.29) is 6.04 Å². The van der Waals surface area contributed by atoms with Crippen molar-refractivity contribution in [2.45, 2.75) is 57.0 Å². The molecule has 1 aliphatic carbocycles. The summed E-state index contributed by atoms with van der Waals surface area (Å²) in [6.45, 7) is 4.44. The Morgan fingerprint density at radius 3 is 2.43 bits per heavy atom. The predicted octanol–water partition coefficient (Wildman–Crippen LogP) is 2.65. The molecule has 1 fully saturated rings. The van der Waals surface area contributed by atoms with Gasteiger partial charge in [-0.2, -0.15) is 4.31 Å². The zero-order chi connectivity index (χ0) is 15.6. The molecule has 0 spiro atoms. The Hall–Kier alpha value is -0.910. The molecule has 1 saturated carbocycles. The predicted molar refractivity (Wildman–Crippen MR) is 85.4 cm³/mol. The first kappa shape index (κ1) is 16.5. The molecule has 4 nitrogen and oxygen atoms in total. The maximum absolute atomic E-state index is 12.9. The SMILES string of the molecule is Cc1c(CN)cccc1S(=O)(=O)N(C)C1CCC(C)CC1.